The Bertz CT molecular complexity index is 580. The molecule has 6 nitrogen and oxygen atoms in total. The molecule has 0 bridgehead atoms. The highest BCUT2D eigenvalue weighted by Gasteiger charge is 2.16. The topological polar surface area (TPSA) is 64.9 Å². The van der Waals surface area contributed by atoms with Crippen LogP contribution in [0.5, 0.6) is 0 Å². The number of aryl methyl sites for hydroxylation is 3. The van der Waals surface area contributed by atoms with Crippen molar-refractivity contribution in [3.8, 4) is 0 Å². The van der Waals surface area contributed by atoms with Crippen molar-refractivity contribution in [2.24, 2.45) is 0 Å². The van der Waals surface area contributed by atoms with Crippen molar-refractivity contribution in [1.29, 1.82) is 0 Å². The van der Waals surface area contributed by atoms with Gasteiger partial charge in [0.1, 0.15) is 5.52 Å². The average molecular weight is 278 g/mol. The molecule has 0 atom stereocenters. The van der Waals surface area contributed by atoms with Crippen molar-refractivity contribution in [2.75, 3.05) is 19.3 Å². The maximum Gasteiger partial charge on any atom is 0.202 e. The SMILES string of the molecule is CCn1nc(C)c2nc(N)n(CCCN(C)C(C)C)c21. The molecule has 2 heterocycles. The summed E-state index contributed by atoms with van der Waals surface area (Å²) in [6, 6.07) is 0.568. The Kier molecular flexibility index (Phi) is 4.32. The van der Waals surface area contributed by atoms with Gasteiger partial charge in [-0.05, 0) is 47.7 Å². The van der Waals surface area contributed by atoms with Crippen molar-refractivity contribution in [1.82, 2.24) is 24.2 Å². The van der Waals surface area contributed by atoms with Crippen LogP contribution in [0.2, 0.25) is 0 Å². The van der Waals surface area contributed by atoms with E-state index in [9.17, 15) is 0 Å². The van der Waals surface area contributed by atoms with Gasteiger partial charge in [-0.3, -0.25) is 4.57 Å². The summed E-state index contributed by atoms with van der Waals surface area (Å²) >= 11 is 0. The maximum absolute atomic E-state index is 6.06. The number of nitrogens with zero attached hydrogens (tertiary/aromatic N) is 5. The Morgan fingerprint density at radius 2 is 2.05 bits per heavy atom. The highest BCUT2D eigenvalue weighted by atomic mass is 15.4. The van der Waals surface area contributed by atoms with Crippen LogP contribution in [0.3, 0.4) is 0 Å². The Labute approximate surface area is 120 Å². The first-order chi connectivity index (χ1) is 9.45. The normalized spacial score (nSPS) is 12.2. The van der Waals surface area contributed by atoms with Gasteiger partial charge in [0.05, 0.1) is 5.69 Å². The maximum atomic E-state index is 6.06. The molecule has 0 amide bonds. The molecule has 2 N–H and O–H groups in total. The number of rotatable bonds is 6. The van der Waals surface area contributed by atoms with E-state index in [1.54, 1.807) is 0 Å². The molecule has 112 valence electrons. The molecule has 0 saturated heterocycles. The largest absolute Gasteiger partial charge is 0.369 e. The minimum Gasteiger partial charge on any atom is -0.369 e. The van der Waals surface area contributed by atoms with Crippen LogP contribution < -0.4 is 5.73 Å². The second-order valence-corrected chi connectivity index (χ2v) is 5.62. The summed E-state index contributed by atoms with van der Waals surface area (Å²) in [6.07, 6.45) is 1.05. The second-order valence-electron chi connectivity index (χ2n) is 5.62. The third-order valence-electron chi connectivity index (χ3n) is 3.90. The first-order valence-electron chi connectivity index (χ1n) is 7.35. The van der Waals surface area contributed by atoms with E-state index >= 15 is 0 Å². The summed E-state index contributed by atoms with van der Waals surface area (Å²) < 4.78 is 4.08. The van der Waals surface area contributed by atoms with E-state index in [-0.39, 0.29) is 0 Å². The van der Waals surface area contributed by atoms with Gasteiger partial charge >= 0.3 is 0 Å². The first kappa shape index (κ1) is 14.8. The molecule has 6 heteroatoms. The minimum absolute atomic E-state index is 0.568. The van der Waals surface area contributed by atoms with Crippen molar-refractivity contribution >= 4 is 17.1 Å². The van der Waals surface area contributed by atoms with Crippen LogP contribution in [0.1, 0.15) is 32.9 Å². The van der Waals surface area contributed by atoms with E-state index in [2.05, 4.69) is 47.4 Å². The number of fused-ring (bicyclic) bond motifs is 1. The van der Waals surface area contributed by atoms with Gasteiger partial charge in [0, 0.05) is 19.1 Å². The van der Waals surface area contributed by atoms with Gasteiger partial charge < -0.3 is 10.6 Å². The highest BCUT2D eigenvalue weighted by molar-refractivity contribution is 5.77. The lowest BCUT2D eigenvalue weighted by molar-refractivity contribution is 0.266. The van der Waals surface area contributed by atoms with Crippen molar-refractivity contribution < 1.29 is 0 Å². The number of hydrogen-bond donors (Lipinski definition) is 1. The van der Waals surface area contributed by atoms with Gasteiger partial charge in [-0.1, -0.05) is 0 Å². The molecule has 0 spiro atoms. The van der Waals surface area contributed by atoms with Gasteiger partial charge in [-0.2, -0.15) is 5.10 Å². The molecule has 0 unspecified atom stereocenters. The Balaban J connectivity index is 2.19. The third kappa shape index (κ3) is 2.65. The number of anilines is 1. The van der Waals surface area contributed by atoms with E-state index in [0.717, 1.165) is 42.9 Å². The van der Waals surface area contributed by atoms with Crippen LogP contribution in [0.4, 0.5) is 5.95 Å². The summed E-state index contributed by atoms with van der Waals surface area (Å²) in [5.41, 5.74) is 9.00. The molecular weight excluding hydrogens is 252 g/mol. The van der Waals surface area contributed by atoms with Gasteiger partial charge in [-0.25, -0.2) is 9.67 Å². The summed E-state index contributed by atoms with van der Waals surface area (Å²) in [7, 11) is 2.15. The lowest BCUT2D eigenvalue weighted by Crippen LogP contribution is -2.28. The molecule has 0 aliphatic rings. The average Bonchev–Trinajstić information content (AvgIpc) is 2.88. The number of hydrogen-bond acceptors (Lipinski definition) is 4. The Hall–Kier alpha value is -1.56. The smallest absolute Gasteiger partial charge is 0.202 e. The predicted molar refractivity (Wildman–Crippen MR) is 82.7 cm³/mol. The zero-order chi connectivity index (χ0) is 14.9. The molecule has 2 aromatic rings. The third-order valence-corrected chi connectivity index (χ3v) is 3.90. The molecule has 0 fully saturated rings. The first-order valence-corrected chi connectivity index (χ1v) is 7.35. The summed E-state index contributed by atoms with van der Waals surface area (Å²) in [5, 5.41) is 4.51. The molecule has 0 aliphatic heterocycles. The number of nitrogen functional groups attached to an aromatic ring is 1. The summed E-state index contributed by atoms with van der Waals surface area (Å²) in [4.78, 5) is 6.80. The van der Waals surface area contributed by atoms with Gasteiger partial charge in [0.25, 0.3) is 0 Å². The molecule has 2 aromatic heterocycles. The predicted octanol–water partition coefficient (Wildman–Crippen LogP) is 1.87. The fourth-order valence-corrected chi connectivity index (χ4v) is 2.42. The van der Waals surface area contributed by atoms with Crippen LogP contribution in [-0.4, -0.2) is 43.9 Å². The van der Waals surface area contributed by atoms with Crippen LogP contribution in [0.15, 0.2) is 0 Å². The van der Waals surface area contributed by atoms with Gasteiger partial charge in [-0.15, -0.1) is 0 Å². The standard InChI is InChI=1S/C14H26N6/c1-6-20-13-12(11(4)17-20)16-14(15)19(13)9-7-8-18(5)10(2)3/h10H,6-9H2,1-5H3,(H2,15,16). The summed E-state index contributed by atoms with van der Waals surface area (Å²) in [5.74, 6) is 0.593. The minimum atomic E-state index is 0.568. The molecule has 0 saturated carbocycles. The number of aromatic nitrogens is 4. The van der Waals surface area contributed by atoms with Crippen LogP contribution >= 0.6 is 0 Å². The van der Waals surface area contributed by atoms with E-state index in [0.29, 0.717) is 12.0 Å². The zero-order valence-electron chi connectivity index (χ0n) is 13.2. The molecular formula is C14H26N6. The fourth-order valence-electron chi connectivity index (χ4n) is 2.42. The van der Waals surface area contributed by atoms with Crippen LogP contribution in [0.25, 0.3) is 11.2 Å². The highest BCUT2D eigenvalue weighted by Crippen LogP contribution is 2.21. The van der Waals surface area contributed by atoms with Crippen LogP contribution in [0, 0.1) is 6.92 Å². The quantitative estimate of drug-likeness (QED) is 0.876. The van der Waals surface area contributed by atoms with Crippen molar-refractivity contribution in [2.45, 2.75) is 53.2 Å². The van der Waals surface area contributed by atoms with Crippen LogP contribution in [-0.2, 0) is 13.1 Å². The molecule has 0 aromatic carbocycles. The van der Waals surface area contributed by atoms with Gasteiger partial charge in [0.15, 0.2) is 5.65 Å². The lowest BCUT2D eigenvalue weighted by Gasteiger charge is -2.21. The monoisotopic (exact) mass is 278 g/mol. The molecule has 0 aliphatic carbocycles. The molecule has 2 rings (SSSR count). The van der Waals surface area contributed by atoms with Crippen molar-refractivity contribution in [3.63, 3.8) is 0 Å². The molecule has 0 radical (unpaired) electrons. The van der Waals surface area contributed by atoms with E-state index in [1.165, 1.54) is 0 Å². The summed E-state index contributed by atoms with van der Waals surface area (Å²) in [6.45, 7) is 11.3. The van der Waals surface area contributed by atoms with Gasteiger partial charge in [0.2, 0.25) is 5.95 Å². The Morgan fingerprint density at radius 1 is 1.35 bits per heavy atom. The molecule has 20 heavy (non-hydrogen) atoms. The lowest BCUT2D eigenvalue weighted by atomic mass is 10.3. The Morgan fingerprint density at radius 3 is 2.65 bits per heavy atom. The van der Waals surface area contributed by atoms with E-state index < -0.39 is 0 Å². The van der Waals surface area contributed by atoms with E-state index in [4.69, 9.17) is 5.73 Å². The second kappa shape index (κ2) is 5.83. The van der Waals surface area contributed by atoms with Crippen molar-refractivity contribution in [3.05, 3.63) is 5.69 Å². The number of nitrogens with two attached hydrogens (primary N) is 1. The van der Waals surface area contributed by atoms with E-state index in [1.807, 2.05) is 11.6 Å². The number of imidazole rings is 1. The fraction of sp³-hybridized carbons (Fsp3) is 0.714. The zero-order valence-corrected chi connectivity index (χ0v) is 13.2.